The van der Waals surface area contributed by atoms with Crippen molar-refractivity contribution in [2.24, 2.45) is 0 Å². The zero-order valence-electron chi connectivity index (χ0n) is 23.9. The van der Waals surface area contributed by atoms with Crippen molar-refractivity contribution in [3.05, 3.63) is 88.2 Å². The van der Waals surface area contributed by atoms with Gasteiger partial charge in [-0.3, -0.25) is 9.88 Å². The summed E-state index contributed by atoms with van der Waals surface area (Å²) in [6, 6.07) is 17.4. The molecule has 4 nitrogen and oxygen atoms in total. The van der Waals surface area contributed by atoms with Crippen LogP contribution in [-0.4, -0.2) is 36.1 Å². The van der Waals surface area contributed by atoms with Gasteiger partial charge in [-0.25, -0.2) is 0 Å². The van der Waals surface area contributed by atoms with E-state index >= 15 is 0 Å². The van der Waals surface area contributed by atoms with E-state index in [1.165, 1.54) is 39.2 Å². The first kappa shape index (κ1) is 36.6. The predicted octanol–water partition coefficient (Wildman–Crippen LogP) is 1.29. The molecule has 0 spiro atoms. The van der Waals surface area contributed by atoms with Gasteiger partial charge in [-0.1, -0.05) is 69.7 Å². The van der Waals surface area contributed by atoms with Gasteiger partial charge in [-0.2, -0.15) is 0 Å². The molecule has 1 radical (unpaired) electrons. The molecule has 0 aliphatic carbocycles. The Morgan fingerprint density at radius 2 is 1.26 bits per heavy atom. The third-order valence-corrected chi connectivity index (χ3v) is 6.62. The number of nitrogens with zero attached hydrogens (tertiary/aromatic N) is 2. The molecule has 0 unspecified atom stereocenters. The SMILES string of the molecule is Cc1cc(C)c(NCCN(CCNc2c(C(C)C)cccc2C(C)C)Cc2ccccn2)c(C)c1.[Br-].[Br-].[Co+2]. The summed E-state index contributed by atoms with van der Waals surface area (Å²) in [5.74, 6) is 0.983. The summed E-state index contributed by atoms with van der Waals surface area (Å²) in [5, 5.41) is 7.51. The Hall–Kier alpha value is -1.38. The second-order valence-electron chi connectivity index (χ2n) is 10.3. The zero-order chi connectivity index (χ0) is 25.4. The number of hydrogen-bond donors (Lipinski definition) is 2. The number of aryl methyl sites for hydroxylation is 3. The molecule has 0 bridgehead atoms. The molecule has 0 atom stereocenters. The van der Waals surface area contributed by atoms with E-state index in [2.05, 4.69) is 111 Å². The average Bonchev–Trinajstić information content (AvgIpc) is 2.81. The van der Waals surface area contributed by atoms with Gasteiger partial charge in [0.25, 0.3) is 0 Å². The van der Waals surface area contributed by atoms with Gasteiger partial charge in [-0.15, -0.1) is 0 Å². The first-order chi connectivity index (χ1) is 16.8. The van der Waals surface area contributed by atoms with E-state index in [0.717, 1.165) is 38.4 Å². The van der Waals surface area contributed by atoms with Gasteiger partial charge in [0.05, 0.1) is 5.69 Å². The molecule has 211 valence electrons. The molecule has 3 rings (SSSR count). The summed E-state index contributed by atoms with van der Waals surface area (Å²) in [6.07, 6.45) is 1.89. The van der Waals surface area contributed by atoms with Crippen molar-refractivity contribution in [3.8, 4) is 0 Å². The molecule has 0 aliphatic rings. The Labute approximate surface area is 262 Å². The number of hydrogen-bond acceptors (Lipinski definition) is 4. The smallest absolute Gasteiger partial charge is 1.00 e. The van der Waals surface area contributed by atoms with Gasteiger partial charge >= 0.3 is 16.8 Å². The fraction of sp³-hybridized carbons (Fsp3) is 0.452. The first-order valence-corrected chi connectivity index (χ1v) is 13.1. The molecule has 1 heterocycles. The summed E-state index contributed by atoms with van der Waals surface area (Å²) in [5.41, 5.74) is 10.4. The van der Waals surface area contributed by atoms with E-state index in [9.17, 15) is 0 Å². The van der Waals surface area contributed by atoms with Crippen LogP contribution in [0.3, 0.4) is 0 Å². The fourth-order valence-electron chi connectivity index (χ4n) is 4.88. The monoisotopic (exact) mass is 689 g/mol. The van der Waals surface area contributed by atoms with Crippen molar-refractivity contribution in [2.75, 3.05) is 36.8 Å². The number of rotatable bonds is 12. The molecule has 1 aromatic heterocycles. The van der Waals surface area contributed by atoms with Crippen LogP contribution in [0.1, 0.15) is 73.0 Å². The largest absolute Gasteiger partial charge is 2.00 e. The van der Waals surface area contributed by atoms with Crippen LogP contribution in [0.25, 0.3) is 0 Å². The topological polar surface area (TPSA) is 40.2 Å². The second-order valence-corrected chi connectivity index (χ2v) is 10.3. The van der Waals surface area contributed by atoms with E-state index in [1.54, 1.807) is 0 Å². The van der Waals surface area contributed by atoms with Crippen LogP contribution >= 0.6 is 0 Å². The van der Waals surface area contributed by atoms with Gasteiger partial charge in [0, 0.05) is 50.3 Å². The number of aromatic nitrogens is 1. The minimum Gasteiger partial charge on any atom is -1.00 e. The third-order valence-electron chi connectivity index (χ3n) is 6.62. The number of nitrogens with one attached hydrogen (secondary N) is 2. The van der Waals surface area contributed by atoms with Crippen LogP contribution in [0.5, 0.6) is 0 Å². The molecule has 2 N–H and O–H groups in total. The second kappa shape index (κ2) is 18.1. The maximum absolute atomic E-state index is 4.58. The Bertz CT molecular complexity index is 1040. The van der Waals surface area contributed by atoms with Gasteiger partial charge < -0.3 is 44.6 Å². The van der Waals surface area contributed by atoms with Gasteiger partial charge in [0.2, 0.25) is 0 Å². The van der Waals surface area contributed by atoms with E-state index in [1.807, 2.05) is 12.3 Å². The number of anilines is 2. The molecule has 7 heteroatoms. The number of benzene rings is 2. The molecule has 0 fully saturated rings. The standard InChI is InChI=1S/C31H44N4.2BrH.Co/c1-22(2)28-12-10-13-29(23(3)4)31(28)34-16-18-35(21-27-11-8-9-14-32-27)17-15-33-30-25(6)19-24(5)20-26(30)7;;;/h8-14,19-20,22-23,33-34H,15-18,21H2,1-7H3;2*1H;/q;;;+2/p-2. The van der Waals surface area contributed by atoms with E-state index in [4.69, 9.17) is 0 Å². The van der Waals surface area contributed by atoms with Gasteiger partial charge in [-0.05, 0) is 67.0 Å². The Morgan fingerprint density at radius 3 is 1.74 bits per heavy atom. The normalized spacial score (nSPS) is 10.6. The van der Waals surface area contributed by atoms with Crippen molar-refractivity contribution in [2.45, 2.75) is 66.8 Å². The summed E-state index contributed by atoms with van der Waals surface area (Å²) in [7, 11) is 0. The van der Waals surface area contributed by atoms with Gasteiger partial charge in [0.15, 0.2) is 0 Å². The molecule has 3 aromatic rings. The van der Waals surface area contributed by atoms with Gasteiger partial charge in [0.1, 0.15) is 0 Å². The summed E-state index contributed by atoms with van der Waals surface area (Å²) < 4.78 is 0. The van der Waals surface area contributed by atoms with Crippen LogP contribution in [0, 0.1) is 20.8 Å². The van der Waals surface area contributed by atoms with E-state index in [-0.39, 0.29) is 50.7 Å². The van der Waals surface area contributed by atoms with Crippen LogP contribution < -0.4 is 44.6 Å². The number of para-hydroxylation sites is 1. The van der Waals surface area contributed by atoms with Crippen LogP contribution in [0.4, 0.5) is 11.4 Å². The summed E-state index contributed by atoms with van der Waals surface area (Å²) in [6.45, 7) is 20.2. The minimum absolute atomic E-state index is 0. The average molecular weight is 691 g/mol. The molecule has 0 saturated carbocycles. The summed E-state index contributed by atoms with van der Waals surface area (Å²) in [4.78, 5) is 7.08. The Morgan fingerprint density at radius 1 is 0.737 bits per heavy atom. The Kier molecular flexibility index (Phi) is 17.4. The molecule has 2 aromatic carbocycles. The van der Waals surface area contributed by atoms with E-state index in [0.29, 0.717) is 11.8 Å². The maximum atomic E-state index is 4.58. The molecule has 38 heavy (non-hydrogen) atoms. The molecular weight excluding hydrogens is 647 g/mol. The number of pyridine rings is 1. The van der Waals surface area contributed by atoms with Crippen LogP contribution in [0.15, 0.2) is 54.7 Å². The van der Waals surface area contributed by atoms with Crippen molar-refractivity contribution in [3.63, 3.8) is 0 Å². The predicted molar refractivity (Wildman–Crippen MR) is 152 cm³/mol. The molecule has 0 saturated heterocycles. The third kappa shape index (κ3) is 10.6. The first-order valence-electron chi connectivity index (χ1n) is 13.1. The fourth-order valence-corrected chi connectivity index (χ4v) is 4.88. The van der Waals surface area contributed by atoms with Crippen LogP contribution in [-0.2, 0) is 23.3 Å². The summed E-state index contributed by atoms with van der Waals surface area (Å²) >= 11 is 0. The van der Waals surface area contributed by atoms with Crippen molar-refractivity contribution in [1.82, 2.24) is 9.88 Å². The Balaban J connectivity index is 0.00000456. The molecular formula is C31H44Br2CoN4. The van der Waals surface area contributed by atoms with E-state index < -0.39 is 0 Å². The quantitative estimate of drug-likeness (QED) is 0.301. The van der Waals surface area contributed by atoms with Crippen molar-refractivity contribution >= 4 is 11.4 Å². The molecule has 0 amide bonds. The van der Waals surface area contributed by atoms with Crippen molar-refractivity contribution in [1.29, 1.82) is 0 Å². The molecule has 0 aliphatic heterocycles. The van der Waals surface area contributed by atoms with Crippen molar-refractivity contribution < 1.29 is 50.7 Å². The number of halogens is 2. The minimum atomic E-state index is 0. The maximum Gasteiger partial charge on any atom is 2.00 e. The zero-order valence-corrected chi connectivity index (χ0v) is 28.1. The van der Waals surface area contributed by atoms with Crippen LogP contribution in [0.2, 0.25) is 0 Å².